The van der Waals surface area contributed by atoms with E-state index in [2.05, 4.69) is 22.2 Å². The average Bonchev–Trinajstić information content (AvgIpc) is 2.14. The first-order chi connectivity index (χ1) is 7.02. The minimum atomic E-state index is -0.141. The minimum absolute atomic E-state index is 0.141. The molecule has 1 aromatic rings. The summed E-state index contributed by atoms with van der Waals surface area (Å²) in [6, 6.07) is 1.65. The van der Waals surface area contributed by atoms with Gasteiger partial charge in [-0.3, -0.25) is 4.79 Å². The number of nitrogens with one attached hydrogen (secondary N) is 2. The number of H-pyrrole nitrogens is 1. The van der Waals surface area contributed by atoms with Gasteiger partial charge in [0.15, 0.2) is 0 Å². The Kier molecular flexibility index (Phi) is 3.85. The van der Waals surface area contributed by atoms with E-state index in [1.54, 1.807) is 6.92 Å². The van der Waals surface area contributed by atoms with Crippen LogP contribution in [0.1, 0.15) is 19.7 Å². The van der Waals surface area contributed by atoms with E-state index in [1.165, 1.54) is 6.07 Å². The van der Waals surface area contributed by atoms with Crippen molar-refractivity contribution in [3.8, 4) is 0 Å². The van der Waals surface area contributed by atoms with Crippen molar-refractivity contribution in [2.45, 2.75) is 26.8 Å². The molecule has 84 valence electrons. The zero-order valence-electron chi connectivity index (χ0n) is 9.37. The molecule has 0 spiro atoms. The highest BCUT2D eigenvalue weighted by molar-refractivity contribution is 5.34. The Balaban J connectivity index is 2.76. The summed E-state index contributed by atoms with van der Waals surface area (Å²) in [5.41, 5.74) is 5.42. The number of hydrogen-bond donors (Lipinski definition) is 3. The molecule has 5 nitrogen and oxygen atoms in total. The van der Waals surface area contributed by atoms with Crippen LogP contribution in [0.5, 0.6) is 0 Å². The van der Waals surface area contributed by atoms with Crippen LogP contribution in [0.15, 0.2) is 10.9 Å². The first kappa shape index (κ1) is 11.7. The number of nitrogens with two attached hydrogens (primary N) is 1. The second-order valence-corrected chi connectivity index (χ2v) is 3.86. The zero-order valence-corrected chi connectivity index (χ0v) is 9.37. The lowest BCUT2D eigenvalue weighted by molar-refractivity contribution is 0.520. The maximum absolute atomic E-state index is 11.2. The van der Waals surface area contributed by atoms with Gasteiger partial charge in [0, 0.05) is 12.1 Å². The Labute approximate surface area is 89.1 Å². The summed E-state index contributed by atoms with van der Waals surface area (Å²) in [5, 5.41) is 3.16. The van der Waals surface area contributed by atoms with E-state index in [9.17, 15) is 4.79 Å². The molecule has 1 heterocycles. The van der Waals surface area contributed by atoms with Crippen LogP contribution in [-0.2, 0) is 0 Å². The largest absolute Gasteiger partial charge is 0.367 e. The van der Waals surface area contributed by atoms with Crippen molar-refractivity contribution < 1.29 is 0 Å². The molecule has 0 aliphatic carbocycles. The van der Waals surface area contributed by atoms with E-state index >= 15 is 0 Å². The molecule has 0 aromatic carbocycles. The molecule has 1 rings (SSSR count). The third-order valence-electron chi connectivity index (χ3n) is 2.46. The molecule has 0 fully saturated rings. The number of hydrogen-bond acceptors (Lipinski definition) is 4. The molecule has 0 radical (unpaired) electrons. The fourth-order valence-electron chi connectivity index (χ4n) is 1.23. The molecule has 0 aliphatic rings. The maximum Gasteiger partial charge on any atom is 0.252 e. The number of nitrogens with zero attached hydrogens (tertiary/aromatic N) is 1. The van der Waals surface area contributed by atoms with Gasteiger partial charge in [-0.15, -0.1) is 0 Å². The second kappa shape index (κ2) is 4.93. The lowest BCUT2D eigenvalue weighted by Gasteiger charge is -2.20. The molecule has 1 aromatic heterocycles. The van der Waals surface area contributed by atoms with E-state index in [0.717, 1.165) is 0 Å². The summed E-state index contributed by atoms with van der Waals surface area (Å²) in [6.45, 7) is 6.44. The molecular formula is C10H18N4O. The van der Waals surface area contributed by atoms with Gasteiger partial charge >= 0.3 is 0 Å². The summed E-state index contributed by atoms with van der Waals surface area (Å²) < 4.78 is 0. The van der Waals surface area contributed by atoms with Crippen LogP contribution in [-0.4, -0.2) is 22.6 Å². The van der Waals surface area contributed by atoms with Gasteiger partial charge in [0.2, 0.25) is 0 Å². The van der Waals surface area contributed by atoms with Crippen molar-refractivity contribution in [1.29, 1.82) is 0 Å². The molecular weight excluding hydrogens is 192 g/mol. The zero-order chi connectivity index (χ0) is 11.4. The van der Waals surface area contributed by atoms with Crippen LogP contribution in [0.3, 0.4) is 0 Å². The summed E-state index contributed by atoms with van der Waals surface area (Å²) in [4.78, 5) is 18.0. The van der Waals surface area contributed by atoms with Gasteiger partial charge in [-0.1, -0.05) is 6.92 Å². The van der Waals surface area contributed by atoms with Crippen LogP contribution in [0.25, 0.3) is 0 Å². The maximum atomic E-state index is 11.2. The monoisotopic (exact) mass is 210 g/mol. The fourth-order valence-corrected chi connectivity index (χ4v) is 1.23. The van der Waals surface area contributed by atoms with E-state index in [-0.39, 0.29) is 11.6 Å². The molecule has 2 atom stereocenters. The van der Waals surface area contributed by atoms with Crippen molar-refractivity contribution in [3.63, 3.8) is 0 Å². The van der Waals surface area contributed by atoms with Crippen molar-refractivity contribution in [1.82, 2.24) is 9.97 Å². The normalized spacial score (nSPS) is 14.7. The summed E-state index contributed by atoms with van der Waals surface area (Å²) in [6.07, 6.45) is 0. The summed E-state index contributed by atoms with van der Waals surface area (Å²) in [7, 11) is 0. The first-order valence-electron chi connectivity index (χ1n) is 5.07. The number of rotatable bonds is 4. The van der Waals surface area contributed by atoms with Gasteiger partial charge in [-0.2, -0.15) is 0 Å². The molecule has 4 N–H and O–H groups in total. The molecule has 15 heavy (non-hydrogen) atoms. The fraction of sp³-hybridized carbons (Fsp3) is 0.600. The molecule has 0 saturated carbocycles. The predicted molar refractivity (Wildman–Crippen MR) is 60.9 cm³/mol. The van der Waals surface area contributed by atoms with Crippen molar-refractivity contribution in [2.24, 2.45) is 11.7 Å². The highest BCUT2D eigenvalue weighted by Gasteiger charge is 2.10. The number of aromatic amines is 1. The summed E-state index contributed by atoms with van der Waals surface area (Å²) in [5.74, 6) is 1.55. The molecule has 2 unspecified atom stereocenters. The predicted octanol–water partition coefficient (Wildman–Crippen LogP) is 0.474. The molecule has 0 saturated heterocycles. The second-order valence-electron chi connectivity index (χ2n) is 3.86. The van der Waals surface area contributed by atoms with Crippen LogP contribution in [0.2, 0.25) is 0 Å². The van der Waals surface area contributed by atoms with Gasteiger partial charge in [0.05, 0.1) is 0 Å². The number of anilines is 1. The lowest BCUT2D eigenvalue weighted by atomic mass is 10.0. The first-order valence-corrected chi connectivity index (χ1v) is 5.07. The Bertz CT molecular complexity index is 374. The standard InChI is InChI=1S/C10H18N4O/c1-6(5-11)7(2)12-9-4-10(15)14-8(3)13-9/h4,6-7H,5,11H2,1-3H3,(H2,12,13,14,15). The minimum Gasteiger partial charge on any atom is -0.367 e. The van der Waals surface area contributed by atoms with E-state index in [1.807, 2.05) is 6.92 Å². The Morgan fingerprint density at radius 1 is 1.60 bits per heavy atom. The third kappa shape index (κ3) is 3.36. The van der Waals surface area contributed by atoms with Crippen LogP contribution in [0.4, 0.5) is 5.82 Å². The number of aryl methyl sites for hydroxylation is 1. The Morgan fingerprint density at radius 3 is 2.80 bits per heavy atom. The highest BCUT2D eigenvalue weighted by atomic mass is 16.1. The highest BCUT2D eigenvalue weighted by Crippen LogP contribution is 2.07. The Morgan fingerprint density at radius 2 is 2.27 bits per heavy atom. The van der Waals surface area contributed by atoms with Crippen molar-refractivity contribution in [2.75, 3.05) is 11.9 Å². The molecule has 5 heteroatoms. The molecule has 0 amide bonds. The Hall–Kier alpha value is -1.36. The third-order valence-corrected chi connectivity index (χ3v) is 2.46. The van der Waals surface area contributed by atoms with Crippen LogP contribution >= 0.6 is 0 Å². The average molecular weight is 210 g/mol. The summed E-state index contributed by atoms with van der Waals surface area (Å²) >= 11 is 0. The lowest BCUT2D eigenvalue weighted by Crippen LogP contribution is -2.30. The van der Waals surface area contributed by atoms with E-state index in [4.69, 9.17) is 5.73 Å². The SMILES string of the molecule is Cc1nc(NC(C)C(C)CN)cc(=O)[nH]1. The van der Waals surface area contributed by atoms with Crippen LogP contribution < -0.4 is 16.6 Å². The van der Waals surface area contributed by atoms with Gasteiger partial charge in [0.25, 0.3) is 5.56 Å². The van der Waals surface area contributed by atoms with Gasteiger partial charge in [-0.25, -0.2) is 4.98 Å². The quantitative estimate of drug-likeness (QED) is 0.674. The number of aromatic nitrogens is 2. The van der Waals surface area contributed by atoms with Gasteiger partial charge < -0.3 is 16.0 Å². The van der Waals surface area contributed by atoms with E-state index in [0.29, 0.717) is 24.1 Å². The van der Waals surface area contributed by atoms with Gasteiger partial charge in [-0.05, 0) is 26.3 Å². The van der Waals surface area contributed by atoms with Crippen molar-refractivity contribution in [3.05, 3.63) is 22.2 Å². The van der Waals surface area contributed by atoms with E-state index < -0.39 is 0 Å². The van der Waals surface area contributed by atoms with Crippen molar-refractivity contribution >= 4 is 5.82 Å². The smallest absolute Gasteiger partial charge is 0.252 e. The molecule has 0 aliphatic heterocycles. The van der Waals surface area contributed by atoms with Crippen LogP contribution in [0, 0.1) is 12.8 Å². The molecule has 0 bridgehead atoms. The van der Waals surface area contributed by atoms with Gasteiger partial charge in [0.1, 0.15) is 11.6 Å². The topological polar surface area (TPSA) is 83.8 Å².